The molecule has 3 rings (SSSR count). The smallest absolute Gasteiger partial charge is 0.461 e. The van der Waals surface area contributed by atoms with E-state index in [0.717, 1.165) is 14.5 Å². The summed E-state index contributed by atoms with van der Waals surface area (Å²) in [5.74, 6) is -0.755. The standard InChI is InChI=1S/C23H21Br2F3O3/c1-13-14(12-30-21(29)20-17(11-19(24)25)22(20,2)3)7-6-9-15(13)16-8-4-5-10-18(16)31-23(26,27)28/h4-11,17,20H,12H2,1-3H3/t17-,20-/m0/s1. The van der Waals surface area contributed by atoms with Crippen LogP contribution in [-0.2, 0) is 16.1 Å². The lowest BCUT2D eigenvalue weighted by atomic mass is 9.96. The summed E-state index contributed by atoms with van der Waals surface area (Å²) in [6, 6.07) is 11.2. The van der Waals surface area contributed by atoms with Gasteiger partial charge in [-0.3, -0.25) is 4.79 Å². The minimum absolute atomic E-state index is 0.0410. The molecule has 8 heteroatoms. The molecule has 1 aliphatic carbocycles. The van der Waals surface area contributed by atoms with Gasteiger partial charge >= 0.3 is 12.3 Å². The van der Waals surface area contributed by atoms with Crippen molar-refractivity contribution in [2.45, 2.75) is 33.7 Å². The van der Waals surface area contributed by atoms with Gasteiger partial charge in [0.25, 0.3) is 0 Å². The van der Waals surface area contributed by atoms with Gasteiger partial charge in [0, 0.05) is 5.56 Å². The van der Waals surface area contributed by atoms with Gasteiger partial charge in [0.1, 0.15) is 12.4 Å². The summed E-state index contributed by atoms with van der Waals surface area (Å²) in [5.41, 5.74) is 2.16. The molecule has 0 saturated heterocycles. The number of allylic oxidation sites excluding steroid dienone is 1. The van der Waals surface area contributed by atoms with E-state index in [1.54, 1.807) is 37.3 Å². The molecule has 0 heterocycles. The molecule has 2 atom stereocenters. The second-order valence-corrected chi connectivity index (χ2v) is 10.8. The molecule has 31 heavy (non-hydrogen) atoms. The maximum absolute atomic E-state index is 12.8. The number of benzene rings is 2. The molecule has 1 fully saturated rings. The molecule has 1 saturated carbocycles. The van der Waals surface area contributed by atoms with E-state index >= 15 is 0 Å². The number of rotatable bonds is 6. The molecule has 0 N–H and O–H groups in total. The van der Waals surface area contributed by atoms with Crippen molar-refractivity contribution in [1.29, 1.82) is 0 Å². The summed E-state index contributed by atoms with van der Waals surface area (Å²) in [4.78, 5) is 12.6. The average molecular weight is 562 g/mol. The van der Waals surface area contributed by atoms with E-state index in [9.17, 15) is 18.0 Å². The second-order valence-electron chi connectivity index (χ2n) is 8.02. The first-order chi connectivity index (χ1) is 14.4. The maximum atomic E-state index is 12.8. The van der Waals surface area contributed by atoms with Gasteiger partial charge in [0.2, 0.25) is 0 Å². The van der Waals surface area contributed by atoms with Crippen molar-refractivity contribution in [3.05, 3.63) is 63.1 Å². The number of carbonyl (C=O) groups is 1. The molecule has 0 amide bonds. The monoisotopic (exact) mass is 560 g/mol. The molecule has 3 nitrogen and oxygen atoms in total. The molecule has 1 aliphatic rings. The molecule has 0 bridgehead atoms. The lowest BCUT2D eigenvalue weighted by Gasteiger charge is -2.16. The van der Waals surface area contributed by atoms with Crippen LogP contribution in [0.15, 0.2) is 51.9 Å². The lowest BCUT2D eigenvalue weighted by molar-refractivity contribution is -0.274. The molecule has 0 spiro atoms. The number of esters is 1. The predicted octanol–water partition coefficient (Wildman–Crippen LogP) is 7.51. The van der Waals surface area contributed by atoms with Gasteiger partial charge in [-0.1, -0.05) is 56.3 Å². The van der Waals surface area contributed by atoms with Crippen LogP contribution in [0.4, 0.5) is 13.2 Å². The zero-order chi connectivity index (χ0) is 23.0. The van der Waals surface area contributed by atoms with Crippen molar-refractivity contribution in [2.75, 3.05) is 0 Å². The van der Waals surface area contributed by atoms with E-state index in [-0.39, 0.29) is 35.6 Å². The van der Waals surface area contributed by atoms with Gasteiger partial charge in [-0.2, -0.15) is 0 Å². The molecule has 0 unspecified atom stereocenters. The highest BCUT2D eigenvalue weighted by Gasteiger charge is 2.61. The third kappa shape index (κ3) is 5.52. The highest BCUT2D eigenvalue weighted by molar-refractivity contribution is 9.28. The third-order valence-electron chi connectivity index (χ3n) is 5.69. The van der Waals surface area contributed by atoms with Crippen molar-refractivity contribution in [3.63, 3.8) is 0 Å². The van der Waals surface area contributed by atoms with E-state index in [0.29, 0.717) is 11.1 Å². The van der Waals surface area contributed by atoms with Crippen LogP contribution in [-0.4, -0.2) is 12.3 Å². The summed E-state index contributed by atoms with van der Waals surface area (Å²) in [6.07, 6.45) is -2.85. The Morgan fingerprint density at radius 2 is 1.74 bits per heavy atom. The third-order valence-corrected chi connectivity index (χ3v) is 6.22. The number of carbonyl (C=O) groups excluding carboxylic acids is 1. The molecular weight excluding hydrogens is 541 g/mol. The highest BCUT2D eigenvalue weighted by Crippen LogP contribution is 2.60. The summed E-state index contributed by atoms with van der Waals surface area (Å²) in [6.45, 7) is 5.84. The Bertz CT molecular complexity index is 1010. The van der Waals surface area contributed by atoms with Gasteiger partial charge < -0.3 is 9.47 Å². The van der Waals surface area contributed by atoms with Crippen molar-refractivity contribution in [3.8, 4) is 16.9 Å². The quantitative estimate of drug-likeness (QED) is 0.342. The number of halogens is 5. The van der Waals surface area contributed by atoms with Crippen LogP contribution in [0.5, 0.6) is 5.75 Å². The molecular formula is C23H21Br2F3O3. The van der Waals surface area contributed by atoms with Crippen LogP contribution in [0.3, 0.4) is 0 Å². The normalized spacial score (nSPS) is 19.5. The van der Waals surface area contributed by atoms with Crippen molar-refractivity contribution in [1.82, 2.24) is 0 Å². The first kappa shape index (κ1) is 23.9. The first-order valence-electron chi connectivity index (χ1n) is 9.55. The Kier molecular flexibility index (Phi) is 6.91. The molecule has 0 aliphatic heterocycles. The number of hydrogen-bond acceptors (Lipinski definition) is 3. The van der Waals surface area contributed by atoms with Gasteiger partial charge in [-0.05, 0) is 72.9 Å². The Morgan fingerprint density at radius 3 is 2.39 bits per heavy atom. The second kappa shape index (κ2) is 8.98. The fraction of sp³-hybridized carbons (Fsp3) is 0.348. The van der Waals surface area contributed by atoms with E-state index < -0.39 is 6.36 Å². The SMILES string of the molecule is Cc1c(COC(=O)[C@@H]2[C@H](C=C(Br)Br)C2(C)C)cccc1-c1ccccc1OC(F)(F)F. The van der Waals surface area contributed by atoms with Gasteiger partial charge in [0.05, 0.1) is 9.31 Å². The van der Waals surface area contributed by atoms with Crippen LogP contribution in [0.2, 0.25) is 0 Å². The van der Waals surface area contributed by atoms with E-state index in [4.69, 9.17) is 4.74 Å². The Labute approximate surface area is 195 Å². The Hall–Kier alpha value is -1.80. The van der Waals surface area contributed by atoms with Crippen LogP contribution < -0.4 is 4.74 Å². The molecule has 2 aromatic rings. The topological polar surface area (TPSA) is 35.5 Å². The van der Waals surface area contributed by atoms with Crippen molar-refractivity contribution in [2.24, 2.45) is 17.3 Å². The summed E-state index contributed by atoms with van der Waals surface area (Å²) in [7, 11) is 0. The molecule has 0 aromatic heterocycles. The number of hydrogen-bond donors (Lipinski definition) is 0. The van der Waals surface area contributed by atoms with Crippen LogP contribution in [0.25, 0.3) is 11.1 Å². The van der Waals surface area contributed by atoms with E-state index in [1.165, 1.54) is 12.1 Å². The fourth-order valence-electron chi connectivity index (χ4n) is 3.85. The fourth-order valence-corrected chi connectivity index (χ4v) is 4.42. The van der Waals surface area contributed by atoms with Gasteiger partial charge in [-0.25, -0.2) is 0 Å². The van der Waals surface area contributed by atoms with Gasteiger partial charge in [-0.15, -0.1) is 13.2 Å². The summed E-state index contributed by atoms with van der Waals surface area (Å²) in [5, 5.41) is 0. The van der Waals surface area contributed by atoms with Crippen molar-refractivity contribution < 1.29 is 27.4 Å². The minimum Gasteiger partial charge on any atom is -0.461 e. The number of alkyl halides is 3. The zero-order valence-electron chi connectivity index (χ0n) is 17.1. The predicted molar refractivity (Wildman–Crippen MR) is 120 cm³/mol. The van der Waals surface area contributed by atoms with Crippen molar-refractivity contribution >= 4 is 37.8 Å². The highest BCUT2D eigenvalue weighted by atomic mass is 79.9. The molecule has 2 aromatic carbocycles. The lowest BCUT2D eigenvalue weighted by Crippen LogP contribution is -2.17. The number of ether oxygens (including phenoxy) is 2. The van der Waals surface area contributed by atoms with Crippen LogP contribution in [0, 0.1) is 24.2 Å². The Balaban J connectivity index is 1.79. The van der Waals surface area contributed by atoms with E-state index in [2.05, 4.69) is 36.6 Å². The van der Waals surface area contributed by atoms with Gasteiger partial charge in [0.15, 0.2) is 0 Å². The summed E-state index contributed by atoms with van der Waals surface area (Å²) >= 11 is 6.66. The largest absolute Gasteiger partial charge is 0.573 e. The number of para-hydroxylation sites is 1. The Morgan fingerprint density at radius 1 is 1.10 bits per heavy atom. The summed E-state index contributed by atoms with van der Waals surface area (Å²) < 4.78 is 48.9. The average Bonchev–Trinajstić information content (AvgIpc) is 3.19. The van der Waals surface area contributed by atoms with Crippen LogP contribution >= 0.6 is 31.9 Å². The first-order valence-corrected chi connectivity index (χ1v) is 11.1. The van der Waals surface area contributed by atoms with Crippen LogP contribution in [0.1, 0.15) is 25.0 Å². The van der Waals surface area contributed by atoms with E-state index in [1.807, 2.05) is 19.9 Å². The minimum atomic E-state index is -4.79. The molecule has 166 valence electrons. The maximum Gasteiger partial charge on any atom is 0.573 e. The molecule has 0 radical (unpaired) electrons. The zero-order valence-corrected chi connectivity index (χ0v) is 20.3.